The van der Waals surface area contributed by atoms with Crippen LogP contribution in [0.3, 0.4) is 0 Å². The van der Waals surface area contributed by atoms with E-state index in [1.165, 1.54) is 0 Å². The summed E-state index contributed by atoms with van der Waals surface area (Å²) in [5.74, 6) is 0.162. The maximum atomic E-state index is 10.3. The van der Waals surface area contributed by atoms with E-state index < -0.39 is 11.7 Å². The SMILES string of the molecule is CC(C)N(C)CC1C(O)C(C)(C)OC1(C)C. The fourth-order valence-electron chi connectivity index (χ4n) is 2.52. The summed E-state index contributed by atoms with van der Waals surface area (Å²) in [6.07, 6.45) is -0.399. The van der Waals surface area contributed by atoms with E-state index in [1.807, 2.05) is 13.8 Å². The van der Waals surface area contributed by atoms with Crippen molar-refractivity contribution in [3.63, 3.8) is 0 Å². The van der Waals surface area contributed by atoms with Crippen molar-refractivity contribution < 1.29 is 9.84 Å². The van der Waals surface area contributed by atoms with E-state index in [1.54, 1.807) is 0 Å². The Labute approximate surface area is 99.8 Å². The lowest BCUT2D eigenvalue weighted by atomic mass is 9.84. The van der Waals surface area contributed by atoms with Crippen LogP contribution in [0, 0.1) is 5.92 Å². The zero-order valence-corrected chi connectivity index (χ0v) is 11.7. The summed E-state index contributed by atoms with van der Waals surface area (Å²) in [6.45, 7) is 13.3. The third kappa shape index (κ3) is 2.58. The minimum atomic E-state index is -0.439. The van der Waals surface area contributed by atoms with E-state index in [2.05, 4.69) is 39.6 Å². The predicted molar refractivity (Wildman–Crippen MR) is 66.5 cm³/mol. The molecule has 96 valence electrons. The van der Waals surface area contributed by atoms with Gasteiger partial charge in [0.05, 0.1) is 17.3 Å². The average molecular weight is 229 g/mol. The number of hydrogen-bond acceptors (Lipinski definition) is 3. The zero-order valence-electron chi connectivity index (χ0n) is 11.7. The Kier molecular flexibility index (Phi) is 3.73. The van der Waals surface area contributed by atoms with E-state index in [4.69, 9.17) is 4.74 Å². The van der Waals surface area contributed by atoms with Crippen LogP contribution in [-0.4, -0.2) is 46.9 Å². The third-order valence-corrected chi connectivity index (χ3v) is 3.88. The summed E-state index contributed by atoms with van der Waals surface area (Å²) in [5.41, 5.74) is -0.696. The predicted octanol–water partition coefficient (Wildman–Crippen LogP) is 1.89. The molecular formula is C13H27NO2. The van der Waals surface area contributed by atoms with Crippen molar-refractivity contribution in [2.24, 2.45) is 5.92 Å². The highest BCUT2D eigenvalue weighted by Gasteiger charge is 2.53. The van der Waals surface area contributed by atoms with E-state index in [0.29, 0.717) is 6.04 Å². The van der Waals surface area contributed by atoms with Crippen LogP contribution in [0.5, 0.6) is 0 Å². The van der Waals surface area contributed by atoms with Gasteiger partial charge in [0, 0.05) is 18.5 Å². The van der Waals surface area contributed by atoms with Crippen molar-refractivity contribution >= 4 is 0 Å². The molecule has 1 fully saturated rings. The molecule has 1 heterocycles. The first-order chi connectivity index (χ1) is 7.08. The van der Waals surface area contributed by atoms with Gasteiger partial charge in [-0.25, -0.2) is 0 Å². The third-order valence-electron chi connectivity index (χ3n) is 3.88. The minimum Gasteiger partial charge on any atom is -0.390 e. The quantitative estimate of drug-likeness (QED) is 0.802. The Morgan fingerprint density at radius 1 is 1.19 bits per heavy atom. The summed E-state index contributed by atoms with van der Waals surface area (Å²) >= 11 is 0. The van der Waals surface area contributed by atoms with Gasteiger partial charge in [0.1, 0.15) is 0 Å². The molecule has 0 spiro atoms. The standard InChI is InChI=1S/C13H27NO2/c1-9(2)14(7)8-10-11(15)13(5,6)16-12(10,3)4/h9-11,15H,8H2,1-7H3. The molecule has 1 aliphatic heterocycles. The molecule has 0 aromatic carbocycles. The lowest BCUT2D eigenvalue weighted by Gasteiger charge is -2.32. The van der Waals surface area contributed by atoms with Crippen LogP contribution in [0.25, 0.3) is 0 Å². The van der Waals surface area contributed by atoms with Crippen LogP contribution in [-0.2, 0) is 4.74 Å². The molecule has 0 aliphatic carbocycles. The van der Waals surface area contributed by atoms with Crippen LogP contribution in [0.1, 0.15) is 41.5 Å². The van der Waals surface area contributed by atoms with Crippen LogP contribution < -0.4 is 0 Å². The maximum absolute atomic E-state index is 10.3. The number of aliphatic hydroxyl groups excluding tert-OH is 1. The molecule has 0 saturated carbocycles. The molecule has 0 aromatic heterocycles. The highest BCUT2D eigenvalue weighted by Crippen LogP contribution is 2.42. The molecule has 1 rings (SSSR count). The highest BCUT2D eigenvalue weighted by molar-refractivity contribution is 5.02. The van der Waals surface area contributed by atoms with E-state index in [9.17, 15) is 5.11 Å². The second-order valence-electron chi connectivity index (χ2n) is 6.39. The molecule has 1 saturated heterocycles. The Morgan fingerprint density at radius 2 is 1.69 bits per heavy atom. The van der Waals surface area contributed by atoms with Gasteiger partial charge >= 0.3 is 0 Å². The average Bonchev–Trinajstić information content (AvgIpc) is 2.23. The van der Waals surface area contributed by atoms with Crippen molar-refractivity contribution in [2.45, 2.75) is 64.9 Å². The first kappa shape index (κ1) is 13.9. The zero-order chi connectivity index (χ0) is 12.7. The van der Waals surface area contributed by atoms with E-state index in [-0.39, 0.29) is 11.5 Å². The Bertz CT molecular complexity index is 248. The molecule has 0 bridgehead atoms. The monoisotopic (exact) mass is 229 g/mol. The summed E-state index contributed by atoms with van der Waals surface area (Å²) in [6, 6.07) is 0.492. The van der Waals surface area contributed by atoms with Gasteiger partial charge in [-0.3, -0.25) is 0 Å². The van der Waals surface area contributed by atoms with Gasteiger partial charge in [0.25, 0.3) is 0 Å². The highest BCUT2D eigenvalue weighted by atomic mass is 16.5. The molecule has 1 N–H and O–H groups in total. The van der Waals surface area contributed by atoms with Crippen LogP contribution in [0.15, 0.2) is 0 Å². The van der Waals surface area contributed by atoms with Crippen LogP contribution >= 0.6 is 0 Å². The topological polar surface area (TPSA) is 32.7 Å². The molecule has 16 heavy (non-hydrogen) atoms. The molecular weight excluding hydrogens is 202 g/mol. The molecule has 1 aliphatic rings. The molecule has 0 amide bonds. The van der Waals surface area contributed by atoms with Gasteiger partial charge in [-0.2, -0.15) is 0 Å². The smallest absolute Gasteiger partial charge is 0.0896 e. The molecule has 2 atom stereocenters. The van der Waals surface area contributed by atoms with Gasteiger partial charge in [-0.1, -0.05) is 0 Å². The van der Waals surface area contributed by atoms with Crippen molar-refractivity contribution in [3.05, 3.63) is 0 Å². The van der Waals surface area contributed by atoms with Crippen molar-refractivity contribution in [1.29, 1.82) is 0 Å². The van der Waals surface area contributed by atoms with Gasteiger partial charge in [0.2, 0.25) is 0 Å². The molecule has 2 unspecified atom stereocenters. The second kappa shape index (κ2) is 4.28. The minimum absolute atomic E-state index is 0.162. The second-order valence-corrected chi connectivity index (χ2v) is 6.39. The van der Waals surface area contributed by atoms with Gasteiger partial charge in [-0.05, 0) is 48.6 Å². The van der Waals surface area contributed by atoms with E-state index in [0.717, 1.165) is 6.54 Å². The van der Waals surface area contributed by atoms with Crippen LogP contribution in [0.4, 0.5) is 0 Å². The molecule has 0 aromatic rings. The Hall–Kier alpha value is -0.120. The summed E-state index contributed by atoms with van der Waals surface area (Å²) in [5, 5.41) is 10.3. The summed E-state index contributed by atoms with van der Waals surface area (Å²) < 4.78 is 5.96. The maximum Gasteiger partial charge on any atom is 0.0896 e. The normalized spacial score (nSPS) is 32.6. The van der Waals surface area contributed by atoms with Gasteiger partial charge in [-0.15, -0.1) is 0 Å². The van der Waals surface area contributed by atoms with Crippen molar-refractivity contribution in [3.8, 4) is 0 Å². The van der Waals surface area contributed by atoms with Crippen LogP contribution in [0.2, 0.25) is 0 Å². The van der Waals surface area contributed by atoms with Crippen molar-refractivity contribution in [1.82, 2.24) is 4.90 Å². The number of rotatable bonds is 3. The molecule has 3 heteroatoms. The fraction of sp³-hybridized carbons (Fsp3) is 1.00. The molecule has 3 nitrogen and oxygen atoms in total. The summed E-state index contributed by atoms with van der Waals surface area (Å²) in [4.78, 5) is 2.26. The number of aliphatic hydroxyl groups is 1. The van der Waals surface area contributed by atoms with Crippen molar-refractivity contribution in [2.75, 3.05) is 13.6 Å². The Morgan fingerprint density at radius 3 is 2.00 bits per heavy atom. The van der Waals surface area contributed by atoms with Gasteiger partial charge < -0.3 is 14.7 Å². The number of ether oxygens (including phenoxy) is 1. The largest absolute Gasteiger partial charge is 0.390 e. The number of hydrogen-bond donors (Lipinski definition) is 1. The molecule has 0 radical (unpaired) electrons. The van der Waals surface area contributed by atoms with E-state index >= 15 is 0 Å². The first-order valence-corrected chi connectivity index (χ1v) is 6.16. The first-order valence-electron chi connectivity index (χ1n) is 6.16. The lowest BCUT2D eigenvalue weighted by molar-refractivity contribution is -0.0913. The number of nitrogens with zero attached hydrogens (tertiary/aromatic N) is 1. The van der Waals surface area contributed by atoms with Gasteiger partial charge in [0.15, 0.2) is 0 Å². The summed E-state index contributed by atoms with van der Waals surface area (Å²) in [7, 11) is 2.10. The Balaban J connectivity index is 2.79. The lowest BCUT2D eigenvalue weighted by Crippen LogP contribution is -2.44. The fourth-order valence-corrected chi connectivity index (χ4v) is 2.52.